The number of hydrogen-bond acceptors (Lipinski definition) is 2. The Bertz CT molecular complexity index is 1240. The average molecular weight is 521 g/mol. The molecule has 2 aromatic heterocycles. The molecule has 0 aliphatic rings. The Hall–Kier alpha value is -1.52. The second kappa shape index (κ2) is 7.56. The fourth-order valence-electron chi connectivity index (χ4n) is 4.19. The third-order valence-corrected chi connectivity index (χ3v) is 14.6. The minimum atomic E-state index is -1.98. The van der Waals surface area contributed by atoms with E-state index in [4.69, 9.17) is 9.40 Å². The molecule has 0 fully saturated rings. The average Bonchev–Trinajstić information content (AvgIpc) is 3.04. The molecule has 0 spiro atoms. The van der Waals surface area contributed by atoms with Crippen molar-refractivity contribution in [2.75, 3.05) is 0 Å². The summed E-state index contributed by atoms with van der Waals surface area (Å²) >= 11 is -3.89. The number of pyridine rings is 1. The number of aromatic nitrogens is 1. The summed E-state index contributed by atoms with van der Waals surface area (Å²) in [6.45, 7) is 4.58. The van der Waals surface area contributed by atoms with Crippen molar-refractivity contribution in [3.05, 3.63) is 54.2 Å². The van der Waals surface area contributed by atoms with Gasteiger partial charge < -0.3 is 0 Å². The fraction of sp³-hybridized carbons (Fsp3) is 0.346. The van der Waals surface area contributed by atoms with Crippen LogP contribution in [-0.4, -0.2) is 31.5 Å². The van der Waals surface area contributed by atoms with E-state index in [9.17, 15) is 0 Å². The van der Waals surface area contributed by atoms with E-state index in [1.807, 2.05) is 0 Å². The number of para-hydroxylation sites is 1. The molecule has 0 atom stereocenters. The van der Waals surface area contributed by atoms with E-state index in [1.165, 1.54) is 25.1 Å². The van der Waals surface area contributed by atoms with Crippen molar-refractivity contribution in [2.24, 2.45) is 0 Å². The van der Waals surface area contributed by atoms with E-state index in [1.54, 1.807) is 0 Å². The molecular formula is C26H33Ge2NO. The maximum absolute atomic E-state index is 6.47. The van der Waals surface area contributed by atoms with Crippen LogP contribution in [0.1, 0.15) is 25.3 Å². The molecule has 0 N–H and O–H groups in total. The molecule has 0 saturated carbocycles. The molecular weight excluding hydrogens is 488 g/mol. The molecule has 0 amide bonds. The van der Waals surface area contributed by atoms with Crippen molar-refractivity contribution in [1.82, 2.24) is 4.98 Å². The van der Waals surface area contributed by atoms with Crippen LogP contribution in [0.4, 0.5) is 0 Å². The van der Waals surface area contributed by atoms with Gasteiger partial charge in [0.1, 0.15) is 0 Å². The van der Waals surface area contributed by atoms with Crippen molar-refractivity contribution >= 4 is 57.3 Å². The summed E-state index contributed by atoms with van der Waals surface area (Å²) in [6, 6.07) is 15.6. The summed E-state index contributed by atoms with van der Waals surface area (Å²) in [5.41, 5.74) is 5.52. The standard InChI is InChI=1S/C26H33Ge2NO/c1-17(2)22-15-24(29-16-23(22)28(6,7)8)21-11-9-10-20-19-13-12-18(27(3,4)5)14-25(19)30-26(20)21/h9-17H,1-8H3. The topological polar surface area (TPSA) is 26.0 Å². The quantitative estimate of drug-likeness (QED) is 0.275. The zero-order chi connectivity index (χ0) is 21.8. The SMILES string of the molecule is CC(C)c1cc(-c2cccc3c2oc2c[c]([Ge]([CH3])([CH3])[CH3])ccc23)nc[c]1[Ge]([CH3])([CH3])[CH3]. The minimum absolute atomic E-state index is 0.488. The van der Waals surface area contributed by atoms with Crippen LogP contribution in [0, 0.1) is 0 Å². The van der Waals surface area contributed by atoms with Gasteiger partial charge in [0.25, 0.3) is 0 Å². The zero-order valence-electron chi connectivity index (χ0n) is 19.6. The second-order valence-corrected chi connectivity index (χ2v) is 32.0. The van der Waals surface area contributed by atoms with Crippen LogP contribution >= 0.6 is 0 Å². The first-order valence-corrected chi connectivity index (χ1v) is 25.6. The number of furan rings is 1. The molecule has 4 aromatic rings. The third-order valence-electron chi connectivity index (χ3n) is 6.01. The van der Waals surface area contributed by atoms with Crippen LogP contribution in [0.15, 0.2) is 53.1 Å². The number of hydrogen-bond donors (Lipinski definition) is 0. The van der Waals surface area contributed by atoms with Gasteiger partial charge in [0.2, 0.25) is 0 Å². The van der Waals surface area contributed by atoms with Crippen molar-refractivity contribution < 1.29 is 4.42 Å². The third kappa shape index (κ3) is 3.89. The van der Waals surface area contributed by atoms with Crippen LogP contribution in [0.3, 0.4) is 0 Å². The summed E-state index contributed by atoms with van der Waals surface area (Å²) in [7, 11) is 0. The van der Waals surface area contributed by atoms with E-state index in [2.05, 4.69) is 97.0 Å². The summed E-state index contributed by atoms with van der Waals surface area (Å²) in [4.78, 5) is 4.93. The molecule has 0 saturated heterocycles. The Balaban J connectivity index is 1.94. The predicted octanol–water partition coefficient (Wildman–Crippen LogP) is 6.86. The van der Waals surface area contributed by atoms with E-state index in [0.717, 1.165) is 22.4 Å². The Morgan fingerprint density at radius 2 is 1.57 bits per heavy atom. The maximum atomic E-state index is 6.47. The number of benzene rings is 2. The molecule has 2 heterocycles. The van der Waals surface area contributed by atoms with Crippen LogP contribution in [0.25, 0.3) is 33.2 Å². The second-order valence-electron chi connectivity index (χ2n) is 10.8. The first-order chi connectivity index (χ1) is 14.0. The van der Waals surface area contributed by atoms with Gasteiger partial charge in [0.05, 0.1) is 0 Å². The van der Waals surface area contributed by atoms with Crippen molar-refractivity contribution in [1.29, 1.82) is 0 Å². The Morgan fingerprint density at radius 3 is 2.20 bits per heavy atom. The predicted molar refractivity (Wildman–Crippen MR) is 137 cm³/mol. The van der Waals surface area contributed by atoms with Crippen molar-refractivity contribution in [3.8, 4) is 11.3 Å². The molecule has 2 nitrogen and oxygen atoms in total. The summed E-state index contributed by atoms with van der Waals surface area (Å²) in [5.74, 6) is 15.1. The van der Waals surface area contributed by atoms with Gasteiger partial charge in [-0.3, -0.25) is 0 Å². The van der Waals surface area contributed by atoms with Gasteiger partial charge in [-0.05, 0) is 0 Å². The first kappa shape index (κ1) is 21.7. The number of nitrogens with zero attached hydrogens (tertiary/aromatic N) is 1. The van der Waals surface area contributed by atoms with E-state index in [0.29, 0.717) is 5.92 Å². The first-order valence-electron chi connectivity index (χ1n) is 10.9. The molecule has 0 unspecified atom stereocenters. The monoisotopic (exact) mass is 523 g/mol. The van der Waals surface area contributed by atoms with Gasteiger partial charge in [-0.25, -0.2) is 0 Å². The van der Waals surface area contributed by atoms with E-state index >= 15 is 0 Å². The zero-order valence-corrected chi connectivity index (χ0v) is 23.7. The number of rotatable bonds is 4. The van der Waals surface area contributed by atoms with Gasteiger partial charge >= 0.3 is 186 Å². The van der Waals surface area contributed by atoms with Gasteiger partial charge in [-0.15, -0.1) is 0 Å². The van der Waals surface area contributed by atoms with Gasteiger partial charge in [0, 0.05) is 0 Å². The Kier molecular flexibility index (Phi) is 5.47. The van der Waals surface area contributed by atoms with Gasteiger partial charge in [-0.2, -0.15) is 0 Å². The van der Waals surface area contributed by atoms with Crippen molar-refractivity contribution in [3.63, 3.8) is 0 Å². The summed E-state index contributed by atoms with van der Waals surface area (Å²) < 4.78 is 9.46. The molecule has 0 aliphatic carbocycles. The molecule has 2 aromatic carbocycles. The molecule has 156 valence electrons. The summed E-state index contributed by atoms with van der Waals surface area (Å²) in [5, 5.41) is 2.38. The summed E-state index contributed by atoms with van der Waals surface area (Å²) in [6.07, 6.45) is 2.15. The van der Waals surface area contributed by atoms with Crippen LogP contribution in [0.2, 0.25) is 34.5 Å². The fourth-order valence-corrected chi connectivity index (χ4v) is 10.1. The Labute approximate surface area is 185 Å². The van der Waals surface area contributed by atoms with Crippen LogP contribution in [-0.2, 0) is 0 Å². The number of fused-ring (bicyclic) bond motifs is 3. The normalized spacial score (nSPS) is 13.0. The molecule has 0 bridgehead atoms. The van der Waals surface area contributed by atoms with Gasteiger partial charge in [-0.1, -0.05) is 0 Å². The molecule has 0 radical (unpaired) electrons. The van der Waals surface area contributed by atoms with Crippen LogP contribution < -0.4 is 8.79 Å². The van der Waals surface area contributed by atoms with Gasteiger partial charge in [0.15, 0.2) is 0 Å². The molecule has 30 heavy (non-hydrogen) atoms. The van der Waals surface area contributed by atoms with Crippen LogP contribution in [0.5, 0.6) is 0 Å². The molecule has 0 aliphatic heterocycles. The van der Waals surface area contributed by atoms with Crippen molar-refractivity contribution in [2.45, 2.75) is 54.3 Å². The van der Waals surface area contributed by atoms with E-state index < -0.39 is 26.5 Å². The Morgan fingerprint density at radius 1 is 0.833 bits per heavy atom. The van der Waals surface area contributed by atoms with E-state index in [-0.39, 0.29) is 0 Å². The molecule has 4 heteroatoms. The molecule has 4 rings (SSSR count).